The van der Waals surface area contributed by atoms with Gasteiger partial charge >= 0.3 is 17.9 Å². The first kappa shape index (κ1) is 32.7. The van der Waals surface area contributed by atoms with Gasteiger partial charge in [0.15, 0.2) is 0 Å². The normalized spacial score (nSPS) is 11.1. The zero-order valence-corrected chi connectivity index (χ0v) is 23.3. The van der Waals surface area contributed by atoms with Crippen LogP contribution < -0.4 is 0 Å². The third-order valence-corrected chi connectivity index (χ3v) is 7.27. The van der Waals surface area contributed by atoms with Crippen molar-refractivity contribution in [2.24, 2.45) is 0 Å². The molecule has 6 nitrogen and oxygen atoms in total. The van der Waals surface area contributed by atoms with Gasteiger partial charge in [-0.25, -0.2) is 14.4 Å². The summed E-state index contributed by atoms with van der Waals surface area (Å²) in [6.45, 7) is 4.41. The lowest BCUT2D eigenvalue weighted by Gasteiger charge is -2.17. The van der Waals surface area contributed by atoms with Gasteiger partial charge in [0, 0.05) is 0 Å². The first-order valence-corrected chi connectivity index (χ1v) is 14.7. The second-order valence-electron chi connectivity index (χ2n) is 10.4. The maximum atomic E-state index is 12.2. The van der Waals surface area contributed by atoms with Crippen LogP contribution in [0.15, 0.2) is 6.07 Å². The van der Waals surface area contributed by atoms with Crippen LogP contribution >= 0.6 is 0 Å². The number of aryl methyl sites for hydroxylation is 1. The first-order chi connectivity index (χ1) is 17.8. The summed E-state index contributed by atoms with van der Waals surface area (Å²) in [4.78, 5) is 36.0. The highest BCUT2D eigenvalue weighted by molar-refractivity contribution is 6.10. The average Bonchev–Trinajstić information content (AvgIpc) is 2.86. The minimum absolute atomic E-state index is 0.335. The van der Waals surface area contributed by atoms with E-state index in [9.17, 15) is 29.7 Å². The van der Waals surface area contributed by atoms with E-state index in [0.717, 1.165) is 44.9 Å². The molecule has 0 amide bonds. The third kappa shape index (κ3) is 12.6. The molecular formula is C31H50O6. The van der Waals surface area contributed by atoms with Crippen molar-refractivity contribution < 1.29 is 29.7 Å². The van der Waals surface area contributed by atoms with Crippen LogP contribution in [0.1, 0.15) is 172 Å². The molecule has 0 aliphatic carbocycles. The van der Waals surface area contributed by atoms with Crippen LogP contribution in [0.5, 0.6) is 0 Å². The molecule has 0 saturated heterocycles. The van der Waals surface area contributed by atoms with Crippen molar-refractivity contribution in [2.45, 2.75) is 142 Å². The van der Waals surface area contributed by atoms with Crippen molar-refractivity contribution in [1.29, 1.82) is 0 Å². The molecule has 0 fully saturated rings. The Morgan fingerprint density at radius 3 is 1.27 bits per heavy atom. The number of aromatic carboxylic acids is 3. The Hall–Kier alpha value is -2.37. The van der Waals surface area contributed by atoms with Crippen molar-refractivity contribution in [2.75, 3.05) is 0 Å². The van der Waals surface area contributed by atoms with E-state index in [1.54, 1.807) is 0 Å². The monoisotopic (exact) mass is 518 g/mol. The van der Waals surface area contributed by atoms with Crippen LogP contribution in [0.4, 0.5) is 0 Å². The van der Waals surface area contributed by atoms with Gasteiger partial charge < -0.3 is 15.3 Å². The Kier molecular flexibility index (Phi) is 17.4. The lowest BCUT2D eigenvalue weighted by Crippen LogP contribution is -2.19. The number of unbranched alkanes of at least 4 members (excludes halogenated alkanes) is 16. The maximum absolute atomic E-state index is 12.2. The third-order valence-electron chi connectivity index (χ3n) is 7.27. The van der Waals surface area contributed by atoms with Crippen molar-refractivity contribution in [3.05, 3.63) is 33.9 Å². The van der Waals surface area contributed by atoms with E-state index < -0.39 is 29.0 Å². The molecule has 6 heteroatoms. The van der Waals surface area contributed by atoms with Gasteiger partial charge in [0.05, 0.1) is 16.7 Å². The zero-order chi connectivity index (χ0) is 27.5. The molecule has 1 rings (SSSR count). The van der Waals surface area contributed by atoms with Crippen LogP contribution in [-0.4, -0.2) is 33.2 Å². The molecule has 0 aliphatic heterocycles. The molecule has 37 heavy (non-hydrogen) atoms. The van der Waals surface area contributed by atoms with Crippen LogP contribution in [0.25, 0.3) is 0 Å². The van der Waals surface area contributed by atoms with Crippen LogP contribution in [0.2, 0.25) is 0 Å². The predicted molar refractivity (Wildman–Crippen MR) is 149 cm³/mol. The number of carboxylic acids is 3. The van der Waals surface area contributed by atoms with E-state index in [0.29, 0.717) is 24.0 Å². The summed E-state index contributed by atoms with van der Waals surface area (Å²) < 4.78 is 0. The number of hydrogen-bond acceptors (Lipinski definition) is 3. The van der Waals surface area contributed by atoms with E-state index in [-0.39, 0.29) is 5.56 Å². The highest BCUT2D eigenvalue weighted by Gasteiger charge is 2.29. The van der Waals surface area contributed by atoms with Gasteiger partial charge in [-0.15, -0.1) is 0 Å². The molecule has 0 atom stereocenters. The van der Waals surface area contributed by atoms with E-state index in [2.05, 4.69) is 13.8 Å². The number of rotatable bonds is 23. The molecule has 0 aromatic heterocycles. The molecule has 0 saturated carbocycles. The van der Waals surface area contributed by atoms with Gasteiger partial charge in [-0.1, -0.05) is 117 Å². The second-order valence-corrected chi connectivity index (χ2v) is 10.4. The fourth-order valence-corrected chi connectivity index (χ4v) is 5.15. The van der Waals surface area contributed by atoms with Gasteiger partial charge in [0.25, 0.3) is 0 Å². The second kappa shape index (κ2) is 19.7. The molecule has 0 unspecified atom stereocenters. The molecule has 0 bridgehead atoms. The summed E-state index contributed by atoms with van der Waals surface area (Å²) in [5.41, 5.74) is -0.161. The van der Waals surface area contributed by atoms with Crippen molar-refractivity contribution in [1.82, 2.24) is 0 Å². The van der Waals surface area contributed by atoms with Crippen LogP contribution in [0.3, 0.4) is 0 Å². The molecule has 1 aromatic rings. The topological polar surface area (TPSA) is 112 Å². The van der Waals surface area contributed by atoms with Gasteiger partial charge in [-0.3, -0.25) is 0 Å². The Morgan fingerprint density at radius 2 is 0.892 bits per heavy atom. The highest BCUT2D eigenvalue weighted by Crippen LogP contribution is 2.28. The molecule has 1 aromatic carbocycles. The van der Waals surface area contributed by atoms with Crippen LogP contribution in [0, 0.1) is 0 Å². The number of carbonyl (C=O) groups is 3. The van der Waals surface area contributed by atoms with E-state index >= 15 is 0 Å². The highest BCUT2D eigenvalue weighted by atomic mass is 16.4. The Balaban J connectivity index is 2.88. The SMILES string of the molecule is CCCCCCCCCCCc1cc(C(=O)O)c(C(=O)O)c(C(=O)O)c1CCCCCCCCCCC. The fourth-order valence-electron chi connectivity index (χ4n) is 5.15. The van der Waals surface area contributed by atoms with Gasteiger partial charge in [0.1, 0.15) is 0 Å². The van der Waals surface area contributed by atoms with Gasteiger partial charge in [-0.2, -0.15) is 0 Å². The van der Waals surface area contributed by atoms with E-state index in [1.807, 2.05) is 0 Å². The van der Waals surface area contributed by atoms with Crippen molar-refractivity contribution in [3.63, 3.8) is 0 Å². The quantitative estimate of drug-likeness (QED) is 0.125. The Labute approximate surface area is 223 Å². The first-order valence-electron chi connectivity index (χ1n) is 14.7. The summed E-state index contributed by atoms with van der Waals surface area (Å²) in [5, 5.41) is 29.3. The smallest absolute Gasteiger partial charge is 0.337 e. The van der Waals surface area contributed by atoms with Crippen LogP contribution in [-0.2, 0) is 12.8 Å². The summed E-state index contributed by atoms with van der Waals surface area (Å²) in [5.74, 6) is -4.26. The average molecular weight is 519 g/mol. The van der Waals surface area contributed by atoms with Crippen molar-refractivity contribution >= 4 is 17.9 Å². The molecule has 210 valence electrons. The fraction of sp³-hybridized carbons (Fsp3) is 0.710. The van der Waals surface area contributed by atoms with Gasteiger partial charge in [-0.05, 0) is 42.9 Å². The lowest BCUT2D eigenvalue weighted by atomic mass is 9.86. The summed E-state index contributed by atoms with van der Waals surface area (Å²) >= 11 is 0. The lowest BCUT2D eigenvalue weighted by molar-refractivity contribution is 0.0632. The molecular weight excluding hydrogens is 468 g/mol. The van der Waals surface area contributed by atoms with E-state index in [1.165, 1.54) is 76.7 Å². The predicted octanol–water partition coefficient (Wildman–Crippen LogP) is 8.93. The Morgan fingerprint density at radius 1 is 0.514 bits per heavy atom. The molecule has 0 radical (unpaired) electrons. The minimum Gasteiger partial charge on any atom is -0.478 e. The van der Waals surface area contributed by atoms with Gasteiger partial charge in [0.2, 0.25) is 0 Å². The molecule has 0 aliphatic rings. The van der Waals surface area contributed by atoms with E-state index in [4.69, 9.17) is 0 Å². The zero-order valence-electron chi connectivity index (χ0n) is 23.3. The maximum Gasteiger partial charge on any atom is 0.337 e. The minimum atomic E-state index is -1.50. The van der Waals surface area contributed by atoms with Crippen molar-refractivity contribution in [3.8, 4) is 0 Å². The number of benzene rings is 1. The Bertz CT molecular complexity index is 829. The number of hydrogen-bond donors (Lipinski definition) is 3. The number of carboxylic acid groups (broad SMARTS) is 3. The molecule has 0 heterocycles. The molecule has 3 N–H and O–H groups in total. The standard InChI is InChI=1S/C31H50O6/c1-3-5-7-9-11-13-15-17-19-21-24-23-26(29(32)33)28(31(36)37)27(30(34)35)25(24)22-20-18-16-14-12-10-8-6-4-2/h23H,3-22H2,1-2H3,(H,32,33)(H,34,35)(H,36,37). The summed E-state index contributed by atoms with van der Waals surface area (Å²) in [6, 6.07) is 1.42. The molecule has 0 spiro atoms. The summed E-state index contributed by atoms with van der Waals surface area (Å²) in [6.07, 6.45) is 21.6. The largest absolute Gasteiger partial charge is 0.478 e. The summed E-state index contributed by atoms with van der Waals surface area (Å²) in [7, 11) is 0.